The third kappa shape index (κ3) is 7.13. The van der Waals surface area contributed by atoms with E-state index in [1.54, 1.807) is 0 Å². The highest BCUT2D eigenvalue weighted by molar-refractivity contribution is 6.18. The molecule has 0 heterocycles. The molecule has 15 heavy (non-hydrogen) atoms. The molecule has 0 saturated heterocycles. The fourth-order valence-electron chi connectivity index (χ4n) is 0.975. The number of hydrogen-bond donors (Lipinski definition) is 0. The highest BCUT2D eigenvalue weighted by Crippen LogP contribution is 2.03. The van der Waals surface area contributed by atoms with Crippen molar-refractivity contribution >= 4 is 17.6 Å². The first kappa shape index (κ1) is 14.2. The Balaban J connectivity index is 3.67. The van der Waals surface area contributed by atoms with Crippen LogP contribution in [0.25, 0.3) is 0 Å². The van der Waals surface area contributed by atoms with E-state index in [4.69, 9.17) is 16.3 Å². The van der Waals surface area contributed by atoms with Crippen LogP contribution in [0, 0.1) is 10.1 Å². The van der Waals surface area contributed by atoms with E-state index < -0.39 is 16.9 Å². The van der Waals surface area contributed by atoms with Crippen LogP contribution in [0.5, 0.6) is 0 Å². The van der Waals surface area contributed by atoms with E-state index in [9.17, 15) is 14.9 Å². The van der Waals surface area contributed by atoms with Crippen molar-refractivity contribution in [2.45, 2.75) is 38.6 Å². The van der Waals surface area contributed by atoms with Crippen molar-refractivity contribution in [3.8, 4) is 0 Å². The van der Waals surface area contributed by atoms with E-state index in [1.165, 1.54) is 0 Å². The number of nitrogens with zero attached hydrogens (tertiary/aromatic N) is 1. The average molecular weight is 238 g/mol. The van der Waals surface area contributed by atoms with Crippen LogP contribution in [0.15, 0.2) is 0 Å². The van der Waals surface area contributed by atoms with Gasteiger partial charge in [0, 0.05) is 4.92 Å². The molecule has 1 atom stereocenters. The van der Waals surface area contributed by atoms with Gasteiger partial charge in [0.1, 0.15) is 6.42 Å². The Bertz CT molecular complexity index is 210. The summed E-state index contributed by atoms with van der Waals surface area (Å²) in [6, 6.07) is -1.04. The second-order valence-electron chi connectivity index (χ2n) is 3.23. The Hall–Kier alpha value is -0.840. The van der Waals surface area contributed by atoms with Gasteiger partial charge in [-0.15, -0.1) is 11.6 Å². The minimum absolute atomic E-state index is 0.170. The molecule has 0 saturated carbocycles. The first-order valence-corrected chi connectivity index (χ1v) is 5.50. The van der Waals surface area contributed by atoms with Crippen molar-refractivity contribution in [2.75, 3.05) is 12.5 Å². The van der Waals surface area contributed by atoms with E-state index in [-0.39, 0.29) is 12.3 Å². The molecule has 0 spiro atoms. The topological polar surface area (TPSA) is 69.4 Å². The summed E-state index contributed by atoms with van der Waals surface area (Å²) in [6.07, 6.45) is 2.58. The molecule has 0 radical (unpaired) electrons. The third-order valence-corrected chi connectivity index (χ3v) is 2.25. The van der Waals surface area contributed by atoms with Crippen LogP contribution < -0.4 is 0 Å². The van der Waals surface area contributed by atoms with Crippen molar-refractivity contribution in [3.63, 3.8) is 0 Å². The predicted molar refractivity (Wildman–Crippen MR) is 56.6 cm³/mol. The van der Waals surface area contributed by atoms with Gasteiger partial charge in [-0.2, -0.15) is 0 Å². The Morgan fingerprint density at radius 2 is 2.20 bits per heavy atom. The molecule has 0 aliphatic carbocycles. The molecular formula is C9H16ClNO4. The van der Waals surface area contributed by atoms with Gasteiger partial charge in [-0.25, -0.2) is 0 Å². The largest absolute Gasteiger partial charge is 0.465 e. The van der Waals surface area contributed by atoms with E-state index in [1.807, 2.05) is 6.92 Å². The van der Waals surface area contributed by atoms with E-state index in [0.717, 1.165) is 19.3 Å². The van der Waals surface area contributed by atoms with Crippen LogP contribution >= 0.6 is 11.6 Å². The smallest absolute Gasteiger partial charge is 0.312 e. The number of unbranched alkanes of at least 4 members (excludes halogenated alkanes) is 2. The molecule has 88 valence electrons. The van der Waals surface area contributed by atoms with E-state index in [0.29, 0.717) is 6.61 Å². The zero-order valence-electron chi connectivity index (χ0n) is 8.78. The molecule has 0 fully saturated rings. The summed E-state index contributed by atoms with van der Waals surface area (Å²) in [6.45, 7) is 2.37. The first-order valence-electron chi connectivity index (χ1n) is 4.96. The molecule has 6 heteroatoms. The number of carbonyl (C=O) groups is 1. The molecule has 0 bridgehead atoms. The van der Waals surface area contributed by atoms with Crippen LogP contribution in [-0.4, -0.2) is 29.4 Å². The lowest BCUT2D eigenvalue weighted by molar-refractivity contribution is -0.516. The summed E-state index contributed by atoms with van der Waals surface area (Å²) in [7, 11) is 0. The third-order valence-electron chi connectivity index (χ3n) is 1.89. The normalized spacial score (nSPS) is 12.1. The average Bonchev–Trinajstić information content (AvgIpc) is 2.20. The number of esters is 1. The van der Waals surface area contributed by atoms with Gasteiger partial charge < -0.3 is 4.74 Å². The van der Waals surface area contributed by atoms with Crippen LogP contribution in [0.3, 0.4) is 0 Å². The molecule has 0 aromatic carbocycles. The summed E-state index contributed by atoms with van der Waals surface area (Å²) >= 11 is 5.34. The summed E-state index contributed by atoms with van der Waals surface area (Å²) in [5, 5.41) is 10.4. The van der Waals surface area contributed by atoms with Crippen LogP contribution in [0.1, 0.15) is 32.6 Å². The predicted octanol–water partition coefficient (Wildman–Crippen LogP) is 1.99. The van der Waals surface area contributed by atoms with E-state index >= 15 is 0 Å². The lowest BCUT2D eigenvalue weighted by atomic mass is 10.2. The van der Waals surface area contributed by atoms with Gasteiger partial charge in [0.05, 0.1) is 12.5 Å². The Morgan fingerprint density at radius 3 is 2.67 bits per heavy atom. The minimum atomic E-state index is -1.04. The van der Waals surface area contributed by atoms with Crippen molar-refractivity contribution in [2.24, 2.45) is 0 Å². The van der Waals surface area contributed by atoms with Gasteiger partial charge in [-0.05, 0) is 6.42 Å². The Labute approximate surface area is 93.9 Å². The molecule has 0 N–H and O–H groups in total. The minimum Gasteiger partial charge on any atom is -0.465 e. The maximum absolute atomic E-state index is 11.1. The number of rotatable bonds is 8. The number of ether oxygens (including phenoxy) is 1. The molecule has 0 aromatic heterocycles. The highest BCUT2D eigenvalue weighted by Gasteiger charge is 2.23. The number of alkyl halides is 1. The first-order chi connectivity index (χ1) is 7.11. The van der Waals surface area contributed by atoms with Gasteiger partial charge in [-0.3, -0.25) is 14.9 Å². The molecule has 0 aromatic rings. The molecule has 0 amide bonds. The van der Waals surface area contributed by atoms with Crippen molar-refractivity contribution in [1.82, 2.24) is 0 Å². The quantitative estimate of drug-likeness (QED) is 0.213. The standard InChI is InChI=1S/C9H16ClNO4/c1-2-3-4-5-15-9(12)6-8(7-10)11(13)14/h8H,2-7H2,1H3. The summed E-state index contributed by atoms with van der Waals surface area (Å²) < 4.78 is 4.82. The SMILES string of the molecule is CCCCCOC(=O)CC(CCl)[N+](=O)[O-]. The highest BCUT2D eigenvalue weighted by atomic mass is 35.5. The molecule has 5 nitrogen and oxygen atoms in total. The van der Waals surface area contributed by atoms with Gasteiger partial charge in [0.15, 0.2) is 0 Å². The van der Waals surface area contributed by atoms with Crippen LogP contribution in [0.4, 0.5) is 0 Å². The summed E-state index contributed by atoms with van der Waals surface area (Å²) in [5.41, 5.74) is 0. The fraction of sp³-hybridized carbons (Fsp3) is 0.889. The van der Waals surface area contributed by atoms with Crippen LogP contribution in [-0.2, 0) is 9.53 Å². The van der Waals surface area contributed by atoms with Crippen molar-refractivity contribution in [1.29, 1.82) is 0 Å². The van der Waals surface area contributed by atoms with Gasteiger partial charge in [-0.1, -0.05) is 19.8 Å². The fourth-order valence-corrected chi connectivity index (χ4v) is 1.20. The number of carbonyl (C=O) groups excluding carboxylic acids is 1. The van der Waals surface area contributed by atoms with Crippen LogP contribution in [0.2, 0.25) is 0 Å². The number of halogens is 1. The Morgan fingerprint density at radius 1 is 1.53 bits per heavy atom. The maximum Gasteiger partial charge on any atom is 0.312 e. The number of nitro groups is 1. The lowest BCUT2D eigenvalue weighted by Gasteiger charge is -2.06. The Kier molecular flexibility index (Phi) is 7.99. The van der Waals surface area contributed by atoms with E-state index in [2.05, 4.69) is 0 Å². The van der Waals surface area contributed by atoms with Gasteiger partial charge in [0.25, 0.3) is 0 Å². The monoisotopic (exact) mass is 237 g/mol. The second-order valence-corrected chi connectivity index (χ2v) is 3.53. The van der Waals surface area contributed by atoms with Gasteiger partial charge in [0.2, 0.25) is 6.04 Å². The van der Waals surface area contributed by atoms with Crippen molar-refractivity contribution in [3.05, 3.63) is 10.1 Å². The summed E-state index contributed by atoms with van der Waals surface area (Å²) in [4.78, 5) is 20.9. The molecule has 0 rings (SSSR count). The van der Waals surface area contributed by atoms with Crippen molar-refractivity contribution < 1.29 is 14.5 Å². The zero-order valence-corrected chi connectivity index (χ0v) is 9.53. The molecule has 1 unspecified atom stereocenters. The maximum atomic E-state index is 11.1. The molecule has 0 aliphatic heterocycles. The molecule has 0 aliphatic rings. The summed E-state index contributed by atoms with van der Waals surface area (Å²) in [5.74, 6) is -0.717. The van der Waals surface area contributed by atoms with Gasteiger partial charge >= 0.3 is 5.97 Å². The zero-order chi connectivity index (χ0) is 11.7. The molecular weight excluding hydrogens is 222 g/mol. The lowest BCUT2D eigenvalue weighted by Crippen LogP contribution is -2.26. The number of hydrogen-bond acceptors (Lipinski definition) is 4. The second kappa shape index (κ2) is 8.47.